The van der Waals surface area contributed by atoms with Crippen molar-refractivity contribution in [3.63, 3.8) is 0 Å². The molecule has 7 nitrogen and oxygen atoms in total. The molecule has 1 saturated carbocycles. The Hall–Kier alpha value is -5.04. The van der Waals surface area contributed by atoms with E-state index in [0.29, 0.717) is 42.2 Å². The highest BCUT2D eigenvalue weighted by atomic mass is 16.7. The maximum absolute atomic E-state index is 14.2. The van der Waals surface area contributed by atoms with Crippen molar-refractivity contribution in [1.82, 2.24) is 4.57 Å². The molecule has 0 aliphatic heterocycles. The zero-order chi connectivity index (χ0) is 36.1. The summed E-state index contributed by atoms with van der Waals surface area (Å²) in [7, 11) is 0. The highest BCUT2D eigenvalue weighted by Crippen LogP contribution is 2.32. The highest BCUT2D eigenvalue weighted by molar-refractivity contribution is 6.46. The van der Waals surface area contributed by atoms with E-state index in [4.69, 9.17) is 9.68 Å². The summed E-state index contributed by atoms with van der Waals surface area (Å²) in [4.78, 5) is 38.3. The number of hydrogen-bond acceptors (Lipinski definition) is 6. The van der Waals surface area contributed by atoms with E-state index in [1.165, 1.54) is 25.7 Å². The first-order valence-corrected chi connectivity index (χ1v) is 19.2. The SMILES string of the molecule is CCCCCCC(Cc1ccc2c(c1)c1cc(C(=O)C(CC3CCCCC3)=NOC(=O)c3ccccc3)ccc1n2CC)=NOCc1ccccc1. The molecule has 270 valence electrons. The monoisotopic (exact) mass is 697 g/mol. The minimum Gasteiger partial charge on any atom is -0.391 e. The summed E-state index contributed by atoms with van der Waals surface area (Å²) < 4.78 is 2.30. The van der Waals surface area contributed by atoms with E-state index < -0.39 is 5.97 Å². The van der Waals surface area contributed by atoms with Gasteiger partial charge in [0.2, 0.25) is 5.78 Å². The zero-order valence-electron chi connectivity index (χ0n) is 30.7. The topological polar surface area (TPSA) is 82.2 Å². The predicted molar refractivity (Wildman–Crippen MR) is 211 cm³/mol. The first-order valence-electron chi connectivity index (χ1n) is 19.2. The van der Waals surface area contributed by atoms with Gasteiger partial charge in [0.15, 0.2) is 0 Å². The van der Waals surface area contributed by atoms with Gasteiger partial charge in [-0.3, -0.25) is 4.79 Å². The van der Waals surface area contributed by atoms with E-state index in [-0.39, 0.29) is 5.78 Å². The van der Waals surface area contributed by atoms with Crippen molar-refractivity contribution in [3.05, 3.63) is 119 Å². The number of unbranched alkanes of at least 4 members (excludes halogenated alkanes) is 3. The Balaban J connectivity index is 1.29. The summed E-state index contributed by atoms with van der Waals surface area (Å²) in [5.41, 5.74) is 6.74. The third-order valence-electron chi connectivity index (χ3n) is 10.2. The maximum atomic E-state index is 14.2. The van der Waals surface area contributed by atoms with Gasteiger partial charge in [-0.1, -0.05) is 123 Å². The third kappa shape index (κ3) is 9.44. The predicted octanol–water partition coefficient (Wildman–Crippen LogP) is 11.3. The lowest BCUT2D eigenvalue weighted by Gasteiger charge is -2.21. The number of carbonyl (C=O) groups is 2. The van der Waals surface area contributed by atoms with Crippen molar-refractivity contribution in [2.24, 2.45) is 16.2 Å². The van der Waals surface area contributed by atoms with Gasteiger partial charge in [0.25, 0.3) is 0 Å². The lowest BCUT2D eigenvalue weighted by Crippen LogP contribution is -2.21. The number of fused-ring (bicyclic) bond motifs is 3. The van der Waals surface area contributed by atoms with Gasteiger partial charge in [-0.2, -0.15) is 0 Å². The third-order valence-corrected chi connectivity index (χ3v) is 10.2. The number of oxime groups is 2. The van der Waals surface area contributed by atoms with E-state index in [1.54, 1.807) is 24.3 Å². The molecule has 1 fully saturated rings. The van der Waals surface area contributed by atoms with Gasteiger partial charge in [0.1, 0.15) is 12.3 Å². The van der Waals surface area contributed by atoms with Gasteiger partial charge >= 0.3 is 5.97 Å². The standard InChI is InChI=1S/C45H51N3O4/c1-3-5-6-16-23-38(46-51-32-34-19-12-8-13-20-34)28-35-24-26-42-39(29-35)40-31-37(25-27-43(40)48(42)4-2)44(49)41(30-33-17-10-7-11-18-33)47-52-45(50)36-21-14-9-15-22-36/h8-9,12-15,19-22,24-27,29,31,33H,3-7,10-11,16-18,23,28,30,32H2,1-2H3. The van der Waals surface area contributed by atoms with Crippen LogP contribution in [-0.2, 0) is 29.2 Å². The van der Waals surface area contributed by atoms with Crippen LogP contribution in [0.3, 0.4) is 0 Å². The van der Waals surface area contributed by atoms with Crippen LogP contribution in [0.15, 0.2) is 107 Å². The van der Waals surface area contributed by atoms with E-state index in [1.807, 2.05) is 42.5 Å². The summed E-state index contributed by atoms with van der Waals surface area (Å²) in [6.07, 6.45) is 12.3. The molecule has 4 aromatic carbocycles. The minimum atomic E-state index is -0.567. The summed E-state index contributed by atoms with van der Waals surface area (Å²) >= 11 is 0. The number of rotatable bonds is 17. The molecule has 1 aromatic heterocycles. The van der Waals surface area contributed by atoms with E-state index in [0.717, 1.165) is 83.7 Å². The number of aryl methyl sites for hydroxylation is 1. The molecule has 0 unspecified atom stereocenters. The molecule has 0 saturated heterocycles. The number of benzene rings is 4. The molecule has 0 radical (unpaired) electrons. The smallest absolute Gasteiger partial charge is 0.365 e. The number of hydrogen-bond donors (Lipinski definition) is 0. The number of aromatic nitrogens is 1. The molecule has 0 atom stereocenters. The maximum Gasteiger partial charge on any atom is 0.365 e. The summed E-state index contributed by atoms with van der Waals surface area (Å²) in [6, 6.07) is 31.5. The van der Waals surface area contributed by atoms with Gasteiger partial charge in [-0.15, -0.1) is 0 Å². The van der Waals surface area contributed by atoms with E-state index >= 15 is 0 Å². The Labute approximate surface area is 307 Å². The van der Waals surface area contributed by atoms with E-state index in [9.17, 15) is 9.59 Å². The number of carbonyl (C=O) groups excluding carboxylic acids is 2. The fraction of sp³-hybridized carbons (Fsp3) is 0.378. The normalized spacial score (nSPS) is 14.2. The van der Waals surface area contributed by atoms with Crippen molar-refractivity contribution in [2.75, 3.05) is 0 Å². The molecule has 0 N–H and O–H groups in total. The van der Waals surface area contributed by atoms with Crippen molar-refractivity contribution < 1.29 is 19.3 Å². The second kappa shape index (κ2) is 18.5. The Bertz CT molecular complexity index is 2010. The molecule has 1 aliphatic carbocycles. The second-order valence-electron chi connectivity index (χ2n) is 14.1. The molecule has 52 heavy (non-hydrogen) atoms. The Morgan fingerprint density at radius 2 is 1.44 bits per heavy atom. The molecule has 1 heterocycles. The average molecular weight is 698 g/mol. The van der Waals surface area contributed by atoms with Crippen LogP contribution in [0.2, 0.25) is 0 Å². The van der Waals surface area contributed by atoms with Gasteiger partial charge in [-0.25, -0.2) is 4.79 Å². The Morgan fingerprint density at radius 3 is 2.17 bits per heavy atom. The molecule has 7 heteroatoms. The van der Waals surface area contributed by atoms with E-state index in [2.05, 4.69) is 59.1 Å². The minimum absolute atomic E-state index is 0.195. The number of Topliss-reactive ketones (excluding diaryl/α,β-unsaturated/α-hetero) is 1. The average Bonchev–Trinajstić information content (AvgIpc) is 3.50. The largest absolute Gasteiger partial charge is 0.391 e. The first kappa shape index (κ1) is 36.7. The van der Waals surface area contributed by atoms with Gasteiger partial charge in [0.05, 0.1) is 11.3 Å². The van der Waals surface area contributed by atoms with Crippen LogP contribution in [0.25, 0.3) is 21.8 Å². The summed E-state index contributed by atoms with van der Waals surface area (Å²) in [5.74, 6) is -0.420. The summed E-state index contributed by atoms with van der Waals surface area (Å²) in [6.45, 7) is 5.61. The summed E-state index contributed by atoms with van der Waals surface area (Å²) in [5, 5.41) is 11.0. The molecule has 0 amide bonds. The van der Waals surface area contributed by atoms with Crippen LogP contribution >= 0.6 is 0 Å². The number of nitrogens with zero attached hydrogens (tertiary/aromatic N) is 3. The molecule has 5 aromatic rings. The fourth-order valence-electron chi connectivity index (χ4n) is 7.40. The lowest BCUT2D eigenvalue weighted by molar-refractivity contribution is 0.0514. The van der Waals surface area contributed by atoms with Crippen LogP contribution in [0, 0.1) is 5.92 Å². The molecule has 1 aliphatic rings. The van der Waals surface area contributed by atoms with Gasteiger partial charge in [0, 0.05) is 40.3 Å². The lowest BCUT2D eigenvalue weighted by atomic mass is 9.84. The van der Waals surface area contributed by atoms with Crippen molar-refractivity contribution in [1.29, 1.82) is 0 Å². The van der Waals surface area contributed by atoms with Crippen LogP contribution < -0.4 is 0 Å². The van der Waals surface area contributed by atoms with Gasteiger partial charge < -0.3 is 14.2 Å². The first-order chi connectivity index (χ1) is 25.5. The van der Waals surface area contributed by atoms with Crippen LogP contribution in [0.5, 0.6) is 0 Å². The van der Waals surface area contributed by atoms with Crippen molar-refractivity contribution in [3.8, 4) is 0 Å². The fourth-order valence-corrected chi connectivity index (χ4v) is 7.40. The van der Waals surface area contributed by atoms with Crippen molar-refractivity contribution in [2.45, 2.75) is 104 Å². The molecular formula is C45H51N3O4. The van der Waals surface area contributed by atoms with Crippen LogP contribution in [0.4, 0.5) is 0 Å². The van der Waals surface area contributed by atoms with Crippen LogP contribution in [0.1, 0.15) is 116 Å². The molecule has 6 rings (SSSR count). The van der Waals surface area contributed by atoms with Crippen LogP contribution in [-0.4, -0.2) is 27.7 Å². The zero-order valence-corrected chi connectivity index (χ0v) is 30.7. The molecule has 0 spiro atoms. The second-order valence-corrected chi connectivity index (χ2v) is 14.1. The Morgan fingerprint density at radius 1 is 0.731 bits per heavy atom. The Kier molecular flexibility index (Phi) is 13.0. The highest BCUT2D eigenvalue weighted by Gasteiger charge is 2.24. The van der Waals surface area contributed by atoms with Crippen molar-refractivity contribution >= 4 is 45.0 Å². The quantitative estimate of drug-likeness (QED) is 0.0318. The molecule has 0 bridgehead atoms. The molecular weight excluding hydrogens is 647 g/mol. The number of ketones is 1. The van der Waals surface area contributed by atoms with Gasteiger partial charge in [-0.05, 0) is 85.7 Å².